The molecule has 0 spiro atoms. The van der Waals surface area contributed by atoms with Gasteiger partial charge in [0.1, 0.15) is 17.3 Å². The SMILES string of the molecule is COC(=O)C(O)C1C2C3CCC4(C)C(c5ccoc5)OC(=O)CC4(O)C3(O)C3CC(O)C1(C)CC23OC(C)O. The molecule has 0 amide bonds. The molecule has 1 aromatic heterocycles. The third-order valence-electron chi connectivity index (χ3n) is 11.5. The first kappa shape index (κ1) is 27.2. The molecule has 5 N–H and O–H groups in total. The molecule has 11 nitrogen and oxygen atoms in total. The fourth-order valence-electron chi connectivity index (χ4n) is 10.1. The molecule has 216 valence electrons. The molecular formula is C28H38O11. The van der Waals surface area contributed by atoms with E-state index < -0.39 is 94.3 Å². The van der Waals surface area contributed by atoms with Crippen LogP contribution in [-0.4, -0.2) is 79.9 Å². The molecule has 0 radical (unpaired) electrons. The Balaban J connectivity index is 1.57. The Morgan fingerprint density at radius 2 is 1.95 bits per heavy atom. The van der Waals surface area contributed by atoms with Crippen LogP contribution in [0.3, 0.4) is 0 Å². The van der Waals surface area contributed by atoms with Crippen LogP contribution < -0.4 is 0 Å². The van der Waals surface area contributed by atoms with Gasteiger partial charge in [0.05, 0.1) is 37.8 Å². The highest BCUT2D eigenvalue weighted by molar-refractivity contribution is 5.75. The summed E-state index contributed by atoms with van der Waals surface area (Å²) < 4.78 is 22.2. The summed E-state index contributed by atoms with van der Waals surface area (Å²) in [6.45, 7) is 5.01. The highest BCUT2D eigenvalue weighted by Crippen LogP contribution is 2.79. The highest BCUT2D eigenvalue weighted by Gasteiger charge is 2.87. The van der Waals surface area contributed by atoms with E-state index in [-0.39, 0.29) is 12.8 Å². The number of carbonyl (C=O) groups is 2. The lowest BCUT2D eigenvalue weighted by Gasteiger charge is -2.65. The molecule has 2 heterocycles. The van der Waals surface area contributed by atoms with E-state index in [1.54, 1.807) is 19.9 Å². The standard InChI is InChI=1S/C28H38O11/c1-13(29)39-26-12-24(2)17(30)9-16(26)28(35)15(19(26)20(24)21(32)23(33)36-4)5-7-25(3)22(14-6-8-37-11-14)38-18(31)10-27(25,28)34/h6,8,11,13,15-17,19-22,29-30,32,34-35H,5,7,9-10,12H2,1-4H3. The second kappa shape index (κ2) is 8.27. The predicted octanol–water partition coefficient (Wildman–Crippen LogP) is 0.810. The van der Waals surface area contributed by atoms with Crippen LogP contribution in [0.1, 0.15) is 64.5 Å². The summed E-state index contributed by atoms with van der Waals surface area (Å²) >= 11 is 0. The van der Waals surface area contributed by atoms with Crippen molar-refractivity contribution >= 4 is 11.9 Å². The number of rotatable bonds is 5. The molecule has 13 atom stereocenters. The number of cyclic esters (lactones) is 1. The van der Waals surface area contributed by atoms with Crippen molar-refractivity contribution in [3.05, 3.63) is 24.2 Å². The van der Waals surface area contributed by atoms with E-state index in [4.69, 9.17) is 18.6 Å². The summed E-state index contributed by atoms with van der Waals surface area (Å²) in [5, 5.41) is 59.1. The largest absolute Gasteiger partial charge is 0.472 e. The quantitative estimate of drug-likeness (QED) is 0.259. The topological polar surface area (TPSA) is 176 Å². The number of hydrogen-bond donors (Lipinski definition) is 5. The first-order valence-electron chi connectivity index (χ1n) is 13.7. The lowest BCUT2D eigenvalue weighted by Crippen LogP contribution is -2.75. The summed E-state index contributed by atoms with van der Waals surface area (Å²) in [6.07, 6.45) is -1.70. The molecule has 1 aromatic rings. The molecule has 5 fully saturated rings. The predicted molar refractivity (Wildman–Crippen MR) is 130 cm³/mol. The molecule has 39 heavy (non-hydrogen) atoms. The van der Waals surface area contributed by atoms with Crippen molar-refractivity contribution in [1.82, 2.24) is 0 Å². The maximum Gasteiger partial charge on any atom is 0.335 e. The second-order valence-electron chi connectivity index (χ2n) is 13.0. The van der Waals surface area contributed by atoms with Gasteiger partial charge >= 0.3 is 11.9 Å². The highest BCUT2D eigenvalue weighted by atomic mass is 16.6. The van der Waals surface area contributed by atoms with Gasteiger partial charge in [0.15, 0.2) is 12.4 Å². The fraction of sp³-hybridized carbons (Fsp3) is 0.786. The van der Waals surface area contributed by atoms with Crippen molar-refractivity contribution in [1.29, 1.82) is 0 Å². The third kappa shape index (κ3) is 3.04. The smallest absolute Gasteiger partial charge is 0.335 e. The van der Waals surface area contributed by atoms with Crippen LogP contribution in [0.15, 0.2) is 23.0 Å². The second-order valence-corrected chi connectivity index (χ2v) is 13.0. The van der Waals surface area contributed by atoms with Crippen molar-refractivity contribution in [2.45, 2.75) is 94.3 Å². The molecule has 1 aliphatic heterocycles. The van der Waals surface area contributed by atoms with Crippen LogP contribution in [0, 0.1) is 34.5 Å². The van der Waals surface area contributed by atoms with E-state index in [0.717, 1.165) is 0 Å². The van der Waals surface area contributed by atoms with Gasteiger partial charge in [-0.1, -0.05) is 13.8 Å². The van der Waals surface area contributed by atoms with E-state index in [2.05, 4.69) is 0 Å². The van der Waals surface area contributed by atoms with Crippen molar-refractivity contribution in [2.75, 3.05) is 7.11 Å². The molecule has 11 heteroatoms. The normalized spacial score (nSPS) is 51.5. The zero-order chi connectivity index (χ0) is 28.3. The van der Waals surface area contributed by atoms with Gasteiger partial charge in [0, 0.05) is 34.1 Å². The van der Waals surface area contributed by atoms with Crippen LogP contribution in [0.2, 0.25) is 0 Å². The number of furan rings is 1. The first-order chi connectivity index (χ1) is 18.2. The van der Waals surface area contributed by atoms with E-state index in [9.17, 15) is 35.1 Å². The molecule has 0 aromatic carbocycles. The average Bonchev–Trinajstić information content (AvgIpc) is 3.51. The number of methoxy groups -OCH3 is 1. The van der Waals surface area contributed by atoms with Crippen LogP contribution in [0.5, 0.6) is 0 Å². The minimum absolute atomic E-state index is 0.0269. The maximum absolute atomic E-state index is 13.1. The van der Waals surface area contributed by atoms with Gasteiger partial charge in [-0.2, -0.15) is 0 Å². The minimum atomic E-state index is -2.03. The van der Waals surface area contributed by atoms with Gasteiger partial charge in [-0.15, -0.1) is 0 Å². The fourth-order valence-corrected chi connectivity index (χ4v) is 10.1. The molecule has 6 rings (SSSR count). The van der Waals surface area contributed by atoms with Crippen LogP contribution >= 0.6 is 0 Å². The number of fused-ring (bicyclic) bond motifs is 6. The van der Waals surface area contributed by atoms with E-state index in [1.165, 1.54) is 26.6 Å². The summed E-state index contributed by atoms with van der Waals surface area (Å²) in [7, 11) is 1.17. The van der Waals surface area contributed by atoms with Gasteiger partial charge in [-0.05, 0) is 44.6 Å². The molecular weight excluding hydrogens is 512 g/mol. The Morgan fingerprint density at radius 3 is 2.56 bits per heavy atom. The molecule has 2 bridgehead atoms. The van der Waals surface area contributed by atoms with E-state index in [1.807, 2.05) is 0 Å². The van der Waals surface area contributed by atoms with Crippen LogP contribution in [-0.2, 0) is 23.8 Å². The lowest BCUT2D eigenvalue weighted by molar-refractivity contribution is -0.326. The molecule has 1 saturated heterocycles. The number of carbonyl (C=O) groups excluding carboxylic acids is 2. The van der Waals surface area contributed by atoms with Gasteiger partial charge < -0.3 is 44.2 Å². The van der Waals surface area contributed by atoms with Crippen molar-refractivity contribution < 1.29 is 53.7 Å². The van der Waals surface area contributed by atoms with Crippen molar-refractivity contribution in [3.63, 3.8) is 0 Å². The molecule has 13 unspecified atom stereocenters. The molecule has 5 aliphatic rings. The number of aliphatic hydroxyl groups is 5. The van der Waals surface area contributed by atoms with Crippen molar-refractivity contribution in [3.8, 4) is 0 Å². The monoisotopic (exact) mass is 550 g/mol. The minimum Gasteiger partial charge on any atom is -0.472 e. The summed E-state index contributed by atoms with van der Waals surface area (Å²) in [4.78, 5) is 25.8. The zero-order valence-corrected chi connectivity index (χ0v) is 22.6. The van der Waals surface area contributed by atoms with Crippen LogP contribution in [0.4, 0.5) is 0 Å². The van der Waals surface area contributed by atoms with Gasteiger partial charge in [-0.25, -0.2) is 4.79 Å². The average molecular weight is 551 g/mol. The van der Waals surface area contributed by atoms with Crippen LogP contribution in [0.25, 0.3) is 0 Å². The number of ether oxygens (including phenoxy) is 3. The summed E-state index contributed by atoms with van der Waals surface area (Å²) in [6, 6.07) is 1.66. The Bertz CT molecular complexity index is 1170. The third-order valence-corrected chi connectivity index (χ3v) is 11.5. The molecule has 4 aliphatic carbocycles. The van der Waals surface area contributed by atoms with Gasteiger partial charge in [-0.3, -0.25) is 4.79 Å². The Hall–Kier alpha value is -2.02. The lowest BCUT2D eigenvalue weighted by atomic mass is 9.45. The van der Waals surface area contributed by atoms with E-state index in [0.29, 0.717) is 18.4 Å². The number of hydrogen-bond acceptors (Lipinski definition) is 11. The number of esters is 2. The van der Waals surface area contributed by atoms with Gasteiger partial charge in [0.25, 0.3) is 0 Å². The molecule has 4 saturated carbocycles. The summed E-state index contributed by atoms with van der Waals surface area (Å²) in [5.74, 6) is -4.86. The Kier molecular flexibility index (Phi) is 5.76. The zero-order valence-electron chi connectivity index (χ0n) is 22.6. The summed E-state index contributed by atoms with van der Waals surface area (Å²) in [5.41, 5.74) is -6.91. The van der Waals surface area contributed by atoms with Gasteiger partial charge in [0.2, 0.25) is 0 Å². The number of aliphatic hydroxyl groups excluding tert-OH is 3. The first-order valence-corrected chi connectivity index (χ1v) is 13.7. The Morgan fingerprint density at radius 1 is 1.23 bits per heavy atom. The van der Waals surface area contributed by atoms with Crippen molar-refractivity contribution in [2.24, 2.45) is 34.5 Å². The maximum atomic E-state index is 13.1. The van der Waals surface area contributed by atoms with E-state index >= 15 is 0 Å². The Labute approximate surface area is 226 Å².